The summed E-state index contributed by atoms with van der Waals surface area (Å²) in [5, 5.41) is 8.33. The molecule has 6 heterocycles. The zero-order valence-corrected chi connectivity index (χ0v) is 79.3. The molecular formula is C117H142N8O4. The third-order valence-electron chi connectivity index (χ3n) is 24.4. The molecule has 129 heavy (non-hydrogen) atoms. The number of aryl methyl sites for hydroxylation is 16. The van der Waals surface area contributed by atoms with Crippen molar-refractivity contribution in [1.82, 2.24) is 27.4 Å². The van der Waals surface area contributed by atoms with Crippen molar-refractivity contribution in [1.29, 1.82) is 0 Å². The zero-order chi connectivity index (χ0) is 90.6. The molecule has 0 unspecified atom stereocenters. The molecule has 0 spiro atoms. The van der Waals surface area contributed by atoms with Crippen molar-refractivity contribution in [2.24, 2.45) is 11.5 Å². The SMILES string of the molecule is CCCc1cn(CCCc2ccccc2)c2ccc(C)cc12.CCCc1cn(CCCc2ccccc2)c2ccc(C)cc12.CCCc1cn(CCCc2ccccc2)c2ccc(C)cc12.CCCc1cn(CCOc2cc(C)c(OC)c(OC)c2)c2ccccc12.CCCn1cc(CCN)c2ccccc21.Cc1ccccc1OCCn1cc(CCN)c2ccccc21. The van der Waals surface area contributed by atoms with E-state index in [1.807, 2.05) is 37.3 Å². The van der Waals surface area contributed by atoms with Crippen LogP contribution in [0.5, 0.6) is 23.0 Å². The maximum Gasteiger partial charge on any atom is 0.164 e. The highest BCUT2D eigenvalue weighted by Crippen LogP contribution is 2.36. The lowest BCUT2D eigenvalue weighted by Gasteiger charge is -2.14. The van der Waals surface area contributed by atoms with E-state index in [2.05, 4.69) is 351 Å². The van der Waals surface area contributed by atoms with Crippen LogP contribution < -0.4 is 30.4 Å². The molecule has 4 N–H and O–H groups in total. The fraction of sp³-hybridized carbons (Fsp3) is 0.333. The van der Waals surface area contributed by atoms with E-state index in [0.717, 1.165) is 114 Å². The molecule has 0 bridgehead atoms. The largest absolute Gasteiger partial charge is 0.493 e. The normalized spacial score (nSPS) is 11.1. The molecule has 0 fully saturated rings. The monoisotopic (exact) mass is 1720 g/mol. The number of nitrogens with two attached hydrogens (primary N) is 2. The first-order valence-corrected chi connectivity index (χ1v) is 47.7. The van der Waals surface area contributed by atoms with E-state index >= 15 is 0 Å². The van der Waals surface area contributed by atoms with Gasteiger partial charge in [-0.05, 0) is 259 Å². The Morgan fingerprint density at radius 3 is 0.922 bits per heavy atom. The van der Waals surface area contributed by atoms with Gasteiger partial charge in [-0.1, -0.05) is 259 Å². The van der Waals surface area contributed by atoms with Crippen LogP contribution in [-0.2, 0) is 97.1 Å². The fourth-order valence-electron chi connectivity index (χ4n) is 18.1. The van der Waals surface area contributed by atoms with E-state index in [0.29, 0.717) is 25.5 Å². The highest BCUT2D eigenvalue weighted by atomic mass is 16.5. The van der Waals surface area contributed by atoms with E-state index in [-0.39, 0.29) is 0 Å². The molecule has 17 aromatic rings. The molecule has 0 saturated heterocycles. The Kier molecular flexibility index (Phi) is 37.1. The highest BCUT2D eigenvalue weighted by molar-refractivity contribution is 5.88. The lowest BCUT2D eigenvalue weighted by Crippen LogP contribution is -2.08. The zero-order valence-electron chi connectivity index (χ0n) is 79.3. The van der Waals surface area contributed by atoms with Crippen LogP contribution in [0.25, 0.3) is 65.4 Å². The van der Waals surface area contributed by atoms with E-state index in [9.17, 15) is 0 Å². The summed E-state index contributed by atoms with van der Waals surface area (Å²) >= 11 is 0. The van der Waals surface area contributed by atoms with Gasteiger partial charge in [0.15, 0.2) is 11.5 Å². The third kappa shape index (κ3) is 26.5. The van der Waals surface area contributed by atoms with Crippen LogP contribution in [0.3, 0.4) is 0 Å². The summed E-state index contributed by atoms with van der Waals surface area (Å²) in [6.07, 6.45) is 33.3. The second-order valence-electron chi connectivity index (χ2n) is 34.5. The molecule has 0 aliphatic heterocycles. The molecule has 674 valence electrons. The molecule has 11 aromatic carbocycles. The first-order valence-electron chi connectivity index (χ1n) is 47.7. The summed E-state index contributed by atoms with van der Waals surface area (Å²) in [5.74, 6) is 3.20. The van der Waals surface area contributed by atoms with Crippen LogP contribution in [0.1, 0.15) is 164 Å². The van der Waals surface area contributed by atoms with Gasteiger partial charge in [0.05, 0.1) is 27.3 Å². The molecule has 12 nitrogen and oxygen atoms in total. The summed E-state index contributed by atoms with van der Waals surface area (Å²) in [4.78, 5) is 0. The number of hydrogen-bond acceptors (Lipinski definition) is 6. The number of methoxy groups -OCH3 is 2. The first kappa shape index (κ1) is 95.9. The topological polar surface area (TPSA) is 119 Å². The van der Waals surface area contributed by atoms with Gasteiger partial charge < -0.3 is 57.8 Å². The third-order valence-corrected chi connectivity index (χ3v) is 24.4. The number of ether oxygens (including phenoxy) is 4. The van der Waals surface area contributed by atoms with Crippen LogP contribution >= 0.6 is 0 Å². The van der Waals surface area contributed by atoms with Crippen molar-refractivity contribution in [3.8, 4) is 23.0 Å². The summed E-state index contributed by atoms with van der Waals surface area (Å²) in [5.41, 5.74) is 38.5. The predicted octanol–water partition coefficient (Wildman–Crippen LogP) is 27.7. The Labute approximate surface area is 769 Å². The van der Waals surface area contributed by atoms with Crippen LogP contribution in [-0.4, -0.2) is 67.9 Å². The predicted molar refractivity (Wildman–Crippen MR) is 548 cm³/mol. The van der Waals surface area contributed by atoms with Crippen LogP contribution in [0, 0.1) is 34.6 Å². The van der Waals surface area contributed by atoms with Crippen molar-refractivity contribution < 1.29 is 18.9 Å². The molecule has 0 aliphatic rings. The summed E-state index contributed by atoms with van der Waals surface area (Å²) in [7, 11) is 3.29. The van der Waals surface area contributed by atoms with E-state index in [4.69, 9.17) is 30.4 Å². The number of hydrogen-bond donors (Lipinski definition) is 2. The minimum Gasteiger partial charge on any atom is -0.493 e. The molecule has 0 amide bonds. The van der Waals surface area contributed by atoms with Gasteiger partial charge in [-0.3, -0.25) is 0 Å². The summed E-state index contributed by atoms with van der Waals surface area (Å²) < 4.78 is 36.9. The molecule has 0 aliphatic carbocycles. The fourth-order valence-corrected chi connectivity index (χ4v) is 18.1. The molecule has 0 saturated carbocycles. The quantitative estimate of drug-likeness (QED) is 0.0404. The second-order valence-corrected chi connectivity index (χ2v) is 34.5. The molecule has 17 rings (SSSR count). The number of rotatable bonds is 36. The lowest BCUT2D eigenvalue weighted by molar-refractivity contribution is 0.295. The second kappa shape index (κ2) is 49.9. The maximum absolute atomic E-state index is 5.99. The van der Waals surface area contributed by atoms with E-state index < -0.39 is 0 Å². The first-order chi connectivity index (χ1) is 63.2. The van der Waals surface area contributed by atoms with Crippen molar-refractivity contribution in [2.75, 3.05) is 40.5 Å². The van der Waals surface area contributed by atoms with Crippen molar-refractivity contribution in [2.45, 2.75) is 218 Å². The van der Waals surface area contributed by atoms with Crippen molar-refractivity contribution >= 4 is 65.4 Å². The Balaban J connectivity index is 0.000000141. The Morgan fingerprint density at radius 1 is 0.256 bits per heavy atom. The van der Waals surface area contributed by atoms with Crippen LogP contribution in [0.4, 0.5) is 0 Å². The van der Waals surface area contributed by atoms with Gasteiger partial charge in [-0.25, -0.2) is 0 Å². The minimum atomic E-state index is 0.596. The van der Waals surface area contributed by atoms with Crippen molar-refractivity contribution in [3.05, 3.63) is 370 Å². The number of nitrogens with zero attached hydrogens (tertiary/aromatic N) is 6. The molecule has 0 atom stereocenters. The highest BCUT2D eigenvalue weighted by Gasteiger charge is 2.17. The standard InChI is InChI=1S/C22H27NO3.3C21H25N.C19H22N2O.C13H18N2/c1-5-8-17-15-23(20-10-7-6-9-19(17)20)11-12-26-18-13-16(2)22(25-4)21(14-18)24-3;3*1-3-8-19-16-22(21-13-12-17(2)15-20(19)21)14-7-11-18-9-5-4-6-10-18;1-15-6-2-5-9-19(15)22-13-12-21-14-16(10-11-20)17-7-3-4-8-18(17)21;1-2-9-15-10-11(7-8-14)12-5-3-4-6-13(12)15/h6-7,9-10,13-15H,5,8,11-12H2,1-4H3;3*4-6,9-10,12-13,15-16H,3,7-8,11,14H2,1-2H3;2-9,14H,10-13,20H2,1H3;3-6,10H,2,7-9,14H2,1H3. The van der Waals surface area contributed by atoms with Gasteiger partial charge in [0.25, 0.3) is 0 Å². The van der Waals surface area contributed by atoms with Gasteiger partial charge in [0, 0.05) is 135 Å². The Bertz CT molecular complexity index is 5900. The van der Waals surface area contributed by atoms with Gasteiger partial charge >= 0.3 is 0 Å². The number of benzene rings is 11. The Morgan fingerprint density at radius 2 is 0.574 bits per heavy atom. The van der Waals surface area contributed by atoms with Crippen molar-refractivity contribution in [3.63, 3.8) is 0 Å². The van der Waals surface area contributed by atoms with E-state index in [1.165, 1.54) is 202 Å². The van der Waals surface area contributed by atoms with E-state index in [1.54, 1.807) is 14.2 Å². The minimum absolute atomic E-state index is 0.596. The summed E-state index contributed by atoms with van der Waals surface area (Å²) in [6, 6.07) is 90.5. The number of para-hydroxylation sites is 4. The molecular weight excluding hydrogens is 1580 g/mol. The van der Waals surface area contributed by atoms with Gasteiger partial charge in [0.2, 0.25) is 0 Å². The van der Waals surface area contributed by atoms with Crippen LogP contribution in [0.15, 0.2) is 292 Å². The molecule has 12 heteroatoms. The van der Waals surface area contributed by atoms with Gasteiger partial charge in [-0.15, -0.1) is 0 Å². The number of fused-ring (bicyclic) bond motifs is 6. The Hall–Kier alpha value is -12.2. The maximum atomic E-state index is 5.99. The number of aromatic nitrogens is 6. The summed E-state index contributed by atoms with van der Waals surface area (Å²) in [6.45, 7) is 30.5. The molecule has 0 radical (unpaired) electrons. The van der Waals surface area contributed by atoms with Gasteiger partial charge in [0.1, 0.15) is 24.7 Å². The smallest absolute Gasteiger partial charge is 0.164 e. The van der Waals surface area contributed by atoms with Crippen LogP contribution in [0.2, 0.25) is 0 Å². The average molecular weight is 1720 g/mol. The molecule has 6 aromatic heterocycles. The average Bonchev–Trinajstić information content (AvgIpc) is 1.64. The lowest BCUT2D eigenvalue weighted by atomic mass is 10.1. The van der Waals surface area contributed by atoms with Gasteiger partial charge in [-0.2, -0.15) is 0 Å².